The molecule has 27 heavy (non-hydrogen) atoms. The summed E-state index contributed by atoms with van der Waals surface area (Å²) in [7, 11) is 0. The maximum absolute atomic E-state index is 12.1. The third-order valence-corrected chi connectivity index (χ3v) is 3.68. The number of rotatable bonds is 7. The predicted octanol–water partition coefficient (Wildman–Crippen LogP) is 2.06. The Labute approximate surface area is 153 Å². The summed E-state index contributed by atoms with van der Waals surface area (Å²) in [6.45, 7) is -2.80. The standard InChI is InChI=1S/C18H16F2N2O5/c19-18(20)27-13-4-1-11(2-5-13)8-21-16(23)9-22-17(24)12-3-6-14-15(7-12)26-10-25-14/h1-7,18H,8-10H2,(H,21,23)(H,22,24). The smallest absolute Gasteiger partial charge is 0.387 e. The molecular formula is C18H16F2N2O5. The van der Waals surface area contributed by atoms with Gasteiger partial charge in [-0.15, -0.1) is 0 Å². The van der Waals surface area contributed by atoms with E-state index in [2.05, 4.69) is 15.4 Å². The quantitative estimate of drug-likeness (QED) is 0.770. The fraction of sp³-hybridized carbons (Fsp3) is 0.222. The summed E-state index contributed by atoms with van der Waals surface area (Å²) in [6.07, 6.45) is 0. The molecule has 2 amide bonds. The number of alkyl halides is 2. The van der Waals surface area contributed by atoms with Gasteiger partial charge in [0.1, 0.15) is 5.75 Å². The van der Waals surface area contributed by atoms with Crippen LogP contribution in [0.25, 0.3) is 0 Å². The van der Waals surface area contributed by atoms with E-state index in [1.807, 2.05) is 0 Å². The van der Waals surface area contributed by atoms with E-state index in [-0.39, 0.29) is 25.6 Å². The summed E-state index contributed by atoms with van der Waals surface area (Å²) in [4.78, 5) is 23.9. The van der Waals surface area contributed by atoms with E-state index in [1.54, 1.807) is 30.3 Å². The molecule has 0 fully saturated rings. The van der Waals surface area contributed by atoms with Crippen molar-refractivity contribution in [1.29, 1.82) is 0 Å². The highest BCUT2D eigenvalue weighted by Crippen LogP contribution is 2.32. The van der Waals surface area contributed by atoms with Crippen LogP contribution >= 0.6 is 0 Å². The fourth-order valence-corrected chi connectivity index (χ4v) is 2.35. The number of nitrogens with one attached hydrogen (secondary N) is 2. The van der Waals surface area contributed by atoms with Crippen molar-refractivity contribution in [1.82, 2.24) is 10.6 Å². The number of carbonyl (C=O) groups excluding carboxylic acids is 2. The van der Waals surface area contributed by atoms with Crippen molar-refractivity contribution in [3.05, 3.63) is 53.6 Å². The second-order valence-electron chi connectivity index (χ2n) is 5.55. The van der Waals surface area contributed by atoms with Crippen LogP contribution in [0.3, 0.4) is 0 Å². The lowest BCUT2D eigenvalue weighted by molar-refractivity contribution is -0.120. The van der Waals surface area contributed by atoms with Gasteiger partial charge in [0.05, 0.1) is 6.54 Å². The molecule has 142 valence electrons. The first kappa shape index (κ1) is 18.4. The van der Waals surface area contributed by atoms with Gasteiger partial charge in [-0.25, -0.2) is 0 Å². The Bertz CT molecular complexity index is 827. The molecule has 0 radical (unpaired) electrons. The van der Waals surface area contributed by atoms with E-state index in [4.69, 9.17) is 9.47 Å². The van der Waals surface area contributed by atoms with Crippen molar-refractivity contribution < 1.29 is 32.6 Å². The van der Waals surface area contributed by atoms with Gasteiger partial charge in [0, 0.05) is 12.1 Å². The summed E-state index contributed by atoms with van der Waals surface area (Å²) >= 11 is 0. The maximum atomic E-state index is 12.1. The highest BCUT2D eigenvalue weighted by atomic mass is 19.3. The third-order valence-electron chi connectivity index (χ3n) is 3.68. The molecule has 0 saturated heterocycles. The molecule has 3 rings (SSSR count). The van der Waals surface area contributed by atoms with Crippen LogP contribution in [-0.4, -0.2) is 31.8 Å². The van der Waals surface area contributed by atoms with Crippen LogP contribution in [0, 0.1) is 0 Å². The highest BCUT2D eigenvalue weighted by molar-refractivity contribution is 5.97. The molecule has 1 heterocycles. The SMILES string of the molecule is O=C(CNC(=O)c1ccc2c(c1)OCO2)NCc1ccc(OC(F)F)cc1. The number of ether oxygens (including phenoxy) is 3. The van der Waals surface area contributed by atoms with Crippen molar-refractivity contribution in [2.24, 2.45) is 0 Å². The molecule has 0 spiro atoms. The van der Waals surface area contributed by atoms with Crippen LogP contribution in [0.1, 0.15) is 15.9 Å². The number of hydrogen-bond donors (Lipinski definition) is 2. The molecule has 0 bridgehead atoms. The molecule has 0 aromatic heterocycles. The van der Waals surface area contributed by atoms with Crippen LogP contribution in [0.2, 0.25) is 0 Å². The molecule has 7 nitrogen and oxygen atoms in total. The second-order valence-corrected chi connectivity index (χ2v) is 5.55. The van der Waals surface area contributed by atoms with Gasteiger partial charge in [-0.1, -0.05) is 12.1 Å². The molecule has 2 aromatic carbocycles. The van der Waals surface area contributed by atoms with E-state index in [9.17, 15) is 18.4 Å². The van der Waals surface area contributed by atoms with Crippen molar-refractivity contribution in [3.8, 4) is 17.2 Å². The monoisotopic (exact) mass is 378 g/mol. The average molecular weight is 378 g/mol. The van der Waals surface area contributed by atoms with E-state index < -0.39 is 18.4 Å². The maximum Gasteiger partial charge on any atom is 0.387 e. The van der Waals surface area contributed by atoms with Gasteiger partial charge in [-0.05, 0) is 35.9 Å². The molecule has 0 atom stereocenters. The Morgan fingerprint density at radius 2 is 1.78 bits per heavy atom. The van der Waals surface area contributed by atoms with Crippen LogP contribution in [0.4, 0.5) is 8.78 Å². The van der Waals surface area contributed by atoms with Gasteiger partial charge in [0.2, 0.25) is 12.7 Å². The molecule has 0 unspecified atom stereocenters. The van der Waals surface area contributed by atoms with E-state index in [0.717, 1.165) is 0 Å². The molecule has 9 heteroatoms. The van der Waals surface area contributed by atoms with Gasteiger partial charge < -0.3 is 24.8 Å². The molecular weight excluding hydrogens is 362 g/mol. The first-order valence-electron chi connectivity index (χ1n) is 7.99. The zero-order chi connectivity index (χ0) is 19.2. The van der Waals surface area contributed by atoms with Gasteiger partial charge >= 0.3 is 6.61 Å². The van der Waals surface area contributed by atoms with E-state index in [1.165, 1.54) is 12.1 Å². The van der Waals surface area contributed by atoms with Crippen LogP contribution in [0.5, 0.6) is 17.2 Å². The number of halogens is 2. The molecule has 0 aliphatic carbocycles. The molecule has 1 aliphatic heterocycles. The summed E-state index contributed by atoms with van der Waals surface area (Å²) in [6, 6.07) is 10.6. The number of hydrogen-bond acceptors (Lipinski definition) is 5. The van der Waals surface area contributed by atoms with E-state index >= 15 is 0 Å². The van der Waals surface area contributed by atoms with Gasteiger partial charge in [-0.3, -0.25) is 9.59 Å². The zero-order valence-corrected chi connectivity index (χ0v) is 14.0. The normalized spacial score (nSPS) is 12.0. The molecule has 0 saturated carbocycles. The number of fused-ring (bicyclic) bond motifs is 1. The largest absolute Gasteiger partial charge is 0.454 e. The summed E-state index contributed by atoms with van der Waals surface area (Å²) in [5.41, 5.74) is 1.05. The molecule has 2 N–H and O–H groups in total. The van der Waals surface area contributed by atoms with Crippen LogP contribution in [0.15, 0.2) is 42.5 Å². The predicted molar refractivity (Wildman–Crippen MR) is 89.8 cm³/mol. The Morgan fingerprint density at radius 1 is 1.04 bits per heavy atom. The zero-order valence-electron chi connectivity index (χ0n) is 14.0. The van der Waals surface area contributed by atoms with Gasteiger partial charge in [0.25, 0.3) is 5.91 Å². The first-order chi connectivity index (χ1) is 13.0. The van der Waals surface area contributed by atoms with Gasteiger partial charge in [-0.2, -0.15) is 8.78 Å². The number of carbonyl (C=O) groups is 2. The lowest BCUT2D eigenvalue weighted by atomic mass is 10.2. The van der Waals surface area contributed by atoms with Crippen molar-refractivity contribution in [2.45, 2.75) is 13.2 Å². The summed E-state index contributed by atoms with van der Waals surface area (Å²) < 4.78 is 38.8. The number of benzene rings is 2. The van der Waals surface area contributed by atoms with Crippen molar-refractivity contribution in [2.75, 3.05) is 13.3 Å². The first-order valence-corrected chi connectivity index (χ1v) is 7.99. The van der Waals surface area contributed by atoms with Crippen LogP contribution < -0.4 is 24.8 Å². The summed E-state index contributed by atoms with van der Waals surface area (Å²) in [5.74, 6) is 0.269. The van der Waals surface area contributed by atoms with E-state index in [0.29, 0.717) is 22.6 Å². The minimum Gasteiger partial charge on any atom is -0.454 e. The van der Waals surface area contributed by atoms with Crippen molar-refractivity contribution in [3.63, 3.8) is 0 Å². The Hall–Kier alpha value is -3.36. The minimum atomic E-state index is -2.89. The second kappa shape index (κ2) is 8.35. The van der Waals surface area contributed by atoms with Crippen LogP contribution in [-0.2, 0) is 11.3 Å². The number of amides is 2. The third kappa shape index (κ3) is 5.06. The lowest BCUT2D eigenvalue weighted by Crippen LogP contribution is -2.36. The van der Waals surface area contributed by atoms with Crippen molar-refractivity contribution >= 4 is 11.8 Å². The minimum absolute atomic E-state index is 0.0380. The fourth-order valence-electron chi connectivity index (χ4n) is 2.35. The van der Waals surface area contributed by atoms with Gasteiger partial charge in [0.15, 0.2) is 11.5 Å². The molecule has 2 aromatic rings. The Kier molecular flexibility index (Phi) is 5.70. The Balaban J connectivity index is 1.43. The Morgan fingerprint density at radius 3 is 2.52 bits per heavy atom. The summed E-state index contributed by atoms with van der Waals surface area (Å²) in [5, 5.41) is 5.13. The lowest BCUT2D eigenvalue weighted by Gasteiger charge is -2.09. The molecule has 1 aliphatic rings. The topological polar surface area (TPSA) is 85.9 Å². The average Bonchev–Trinajstić information content (AvgIpc) is 3.13. The highest BCUT2D eigenvalue weighted by Gasteiger charge is 2.16.